The summed E-state index contributed by atoms with van der Waals surface area (Å²) in [5, 5.41) is 20.5. The lowest BCUT2D eigenvalue weighted by atomic mass is 9.96. The van der Waals surface area contributed by atoms with Crippen LogP contribution in [0.4, 0.5) is 0 Å². The van der Waals surface area contributed by atoms with Gasteiger partial charge in [0.1, 0.15) is 17.6 Å². The zero-order valence-corrected chi connectivity index (χ0v) is 20.5. The van der Waals surface area contributed by atoms with Crippen molar-refractivity contribution in [2.24, 2.45) is 0 Å². The van der Waals surface area contributed by atoms with E-state index in [0.29, 0.717) is 46.4 Å². The molecule has 3 aliphatic heterocycles. The molecular weight excluding hydrogens is 470 g/mol. The van der Waals surface area contributed by atoms with Gasteiger partial charge in [-0.2, -0.15) is 5.26 Å². The highest BCUT2D eigenvalue weighted by Crippen LogP contribution is 2.37. The van der Waals surface area contributed by atoms with Gasteiger partial charge in [-0.25, -0.2) is 0 Å². The number of aliphatic hydroxyl groups is 1. The van der Waals surface area contributed by atoms with E-state index < -0.39 is 6.10 Å². The molecule has 1 unspecified atom stereocenters. The van der Waals surface area contributed by atoms with Gasteiger partial charge in [-0.3, -0.25) is 14.6 Å². The molecule has 1 N–H and O–H groups in total. The third-order valence-electron chi connectivity index (χ3n) is 7.25. The van der Waals surface area contributed by atoms with Crippen LogP contribution >= 0.6 is 11.6 Å². The number of piperazine rings is 1. The van der Waals surface area contributed by atoms with Crippen LogP contribution in [-0.2, 0) is 4.74 Å². The van der Waals surface area contributed by atoms with Gasteiger partial charge in [0.05, 0.1) is 37.1 Å². The van der Waals surface area contributed by atoms with E-state index in [1.54, 1.807) is 6.07 Å². The average Bonchev–Trinajstić information content (AvgIpc) is 3.25. The number of aliphatic hydroxyl groups excluding tert-OH is 1. The summed E-state index contributed by atoms with van der Waals surface area (Å²) in [5.41, 5.74) is 3.60. The van der Waals surface area contributed by atoms with Gasteiger partial charge < -0.3 is 19.3 Å². The number of carbonyl (C=O) groups excluding carboxylic acids is 1. The van der Waals surface area contributed by atoms with Crippen LogP contribution in [0.25, 0.3) is 0 Å². The Labute approximate surface area is 209 Å². The van der Waals surface area contributed by atoms with Crippen molar-refractivity contribution in [3.8, 4) is 17.6 Å². The van der Waals surface area contributed by atoms with Crippen LogP contribution in [-0.4, -0.2) is 79.8 Å². The zero-order valence-electron chi connectivity index (χ0n) is 19.8. The molecule has 184 valence electrons. The lowest BCUT2D eigenvalue weighted by molar-refractivity contribution is -0.0939. The Morgan fingerprint density at radius 1 is 1.31 bits per heavy atom. The van der Waals surface area contributed by atoms with E-state index >= 15 is 0 Å². The Hall–Kier alpha value is -2.67. The van der Waals surface area contributed by atoms with E-state index in [1.165, 1.54) is 13.2 Å². The number of β-amino-alcohol motifs (C(OH)–C–C–N with tert-alkyl or cyclic N) is 1. The van der Waals surface area contributed by atoms with E-state index in [-0.39, 0.29) is 24.5 Å². The molecule has 0 aromatic heterocycles. The highest BCUT2D eigenvalue weighted by molar-refractivity contribution is 6.31. The fourth-order valence-corrected chi connectivity index (χ4v) is 5.59. The molecule has 5 rings (SSSR count). The van der Waals surface area contributed by atoms with Gasteiger partial charge in [-0.05, 0) is 36.2 Å². The SMILES string of the molecule is COc1cc(C(O)CN2CCN3C[C@@H](c4ccc5c(c4C)OCC5=O)OC[C@@H]3C2)c(Cl)cc1C#N. The minimum absolute atomic E-state index is 0.0262. The van der Waals surface area contributed by atoms with Gasteiger partial charge in [0, 0.05) is 49.4 Å². The van der Waals surface area contributed by atoms with Crippen LogP contribution in [0.2, 0.25) is 5.02 Å². The number of methoxy groups -OCH3 is 1. The molecule has 0 aliphatic carbocycles. The Balaban J connectivity index is 1.22. The first-order valence-electron chi connectivity index (χ1n) is 11.7. The predicted octanol–water partition coefficient (Wildman–Crippen LogP) is 2.89. The van der Waals surface area contributed by atoms with E-state index in [0.717, 1.165) is 37.3 Å². The van der Waals surface area contributed by atoms with Crippen molar-refractivity contribution < 1.29 is 24.1 Å². The van der Waals surface area contributed by atoms with Crippen molar-refractivity contribution in [2.45, 2.75) is 25.2 Å². The standard InChI is InChI=1S/C26H28ClN3O5/c1-15-18(3-4-19-23(32)14-35-26(15)19)25-12-30-6-5-29(10-17(30)13-34-25)11-22(31)20-8-24(33-2)16(9-28)7-21(20)27/h3-4,7-8,17,22,25,31H,5-6,10-14H2,1-2H3/t17-,22?,25-/m0/s1. The molecular formula is C26H28ClN3O5. The Morgan fingerprint density at radius 2 is 2.14 bits per heavy atom. The number of ketones is 1. The first-order valence-corrected chi connectivity index (χ1v) is 12.1. The Morgan fingerprint density at radius 3 is 2.91 bits per heavy atom. The molecule has 9 heteroatoms. The second-order valence-electron chi connectivity index (χ2n) is 9.30. The number of morpholine rings is 1. The van der Waals surface area contributed by atoms with Crippen LogP contribution in [0.15, 0.2) is 24.3 Å². The first-order chi connectivity index (χ1) is 16.9. The smallest absolute Gasteiger partial charge is 0.203 e. The van der Waals surface area contributed by atoms with Gasteiger partial charge in [0.15, 0.2) is 6.61 Å². The van der Waals surface area contributed by atoms with Crippen LogP contribution in [0.5, 0.6) is 11.5 Å². The number of benzene rings is 2. The summed E-state index contributed by atoms with van der Waals surface area (Å²) in [6, 6.07) is 9.31. The number of halogens is 1. The number of hydrogen-bond donors (Lipinski definition) is 1. The fraction of sp³-hybridized carbons (Fsp3) is 0.462. The third kappa shape index (κ3) is 4.51. The van der Waals surface area contributed by atoms with Gasteiger partial charge in [0.2, 0.25) is 5.78 Å². The molecule has 2 aromatic rings. The normalized spacial score (nSPS) is 23.2. The van der Waals surface area contributed by atoms with Crippen molar-refractivity contribution in [1.29, 1.82) is 5.26 Å². The molecule has 0 amide bonds. The Bertz CT molecular complexity index is 1200. The van der Waals surface area contributed by atoms with Gasteiger partial charge in [-0.15, -0.1) is 0 Å². The van der Waals surface area contributed by atoms with E-state index in [1.807, 2.05) is 19.1 Å². The number of fused-ring (bicyclic) bond motifs is 2. The van der Waals surface area contributed by atoms with Gasteiger partial charge in [-0.1, -0.05) is 17.7 Å². The molecule has 0 radical (unpaired) electrons. The first kappa shape index (κ1) is 24.0. The van der Waals surface area contributed by atoms with Crippen LogP contribution < -0.4 is 9.47 Å². The second kappa shape index (κ2) is 9.76. The van der Waals surface area contributed by atoms with Crippen molar-refractivity contribution in [3.05, 3.63) is 57.1 Å². The van der Waals surface area contributed by atoms with E-state index in [9.17, 15) is 15.2 Å². The molecule has 0 saturated carbocycles. The molecule has 2 fully saturated rings. The van der Waals surface area contributed by atoms with Crippen molar-refractivity contribution >= 4 is 17.4 Å². The topological polar surface area (TPSA) is 95.3 Å². The third-order valence-corrected chi connectivity index (χ3v) is 7.58. The van der Waals surface area contributed by atoms with Crippen LogP contribution in [0.1, 0.15) is 44.8 Å². The summed E-state index contributed by atoms with van der Waals surface area (Å²) in [6.45, 7) is 6.33. The highest BCUT2D eigenvalue weighted by Gasteiger charge is 2.36. The quantitative estimate of drug-likeness (QED) is 0.673. The summed E-state index contributed by atoms with van der Waals surface area (Å²) < 4.78 is 17.2. The summed E-state index contributed by atoms with van der Waals surface area (Å²) in [7, 11) is 1.49. The molecule has 3 atom stereocenters. The van der Waals surface area contributed by atoms with Crippen molar-refractivity contribution in [1.82, 2.24) is 9.80 Å². The second-order valence-corrected chi connectivity index (χ2v) is 9.71. The number of rotatable bonds is 5. The summed E-state index contributed by atoms with van der Waals surface area (Å²) >= 11 is 6.35. The van der Waals surface area contributed by atoms with Crippen molar-refractivity contribution in [2.75, 3.05) is 53.0 Å². The average molecular weight is 498 g/mol. The number of ether oxygens (including phenoxy) is 3. The minimum Gasteiger partial charge on any atom is -0.495 e. The highest BCUT2D eigenvalue weighted by atomic mass is 35.5. The summed E-state index contributed by atoms with van der Waals surface area (Å²) in [5.74, 6) is 1.12. The molecule has 35 heavy (non-hydrogen) atoms. The monoisotopic (exact) mass is 497 g/mol. The lowest BCUT2D eigenvalue weighted by Crippen LogP contribution is -2.58. The van der Waals surface area contributed by atoms with E-state index in [2.05, 4.69) is 15.9 Å². The van der Waals surface area contributed by atoms with Gasteiger partial charge in [0.25, 0.3) is 0 Å². The number of carbonyl (C=O) groups is 1. The maximum Gasteiger partial charge on any atom is 0.203 e. The molecule has 0 bridgehead atoms. The number of nitrogens with zero attached hydrogens (tertiary/aromatic N) is 3. The molecule has 3 heterocycles. The van der Waals surface area contributed by atoms with Gasteiger partial charge >= 0.3 is 0 Å². The molecule has 2 saturated heterocycles. The number of nitriles is 1. The fourth-order valence-electron chi connectivity index (χ4n) is 5.30. The predicted molar refractivity (Wildman–Crippen MR) is 129 cm³/mol. The largest absolute Gasteiger partial charge is 0.495 e. The number of hydrogen-bond acceptors (Lipinski definition) is 8. The van der Waals surface area contributed by atoms with E-state index in [4.69, 9.17) is 25.8 Å². The Kier molecular flexibility index (Phi) is 6.71. The minimum atomic E-state index is -0.801. The number of Topliss-reactive ketones (excluding diaryl/α,β-unsaturated/α-hetero) is 1. The lowest BCUT2D eigenvalue weighted by Gasteiger charge is -2.46. The maximum atomic E-state index is 12.0. The van der Waals surface area contributed by atoms with Crippen molar-refractivity contribution in [3.63, 3.8) is 0 Å². The maximum absolute atomic E-state index is 12.0. The molecule has 2 aromatic carbocycles. The molecule has 8 nitrogen and oxygen atoms in total. The summed E-state index contributed by atoms with van der Waals surface area (Å²) in [4.78, 5) is 16.6. The van der Waals surface area contributed by atoms with Crippen LogP contribution in [0.3, 0.4) is 0 Å². The summed E-state index contributed by atoms with van der Waals surface area (Å²) in [6.07, 6.45) is -0.873. The molecule has 0 spiro atoms. The molecule has 3 aliphatic rings. The van der Waals surface area contributed by atoms with Crippen LogP contribution in [0, 0.1) is 18.3 Å². The zero-order chi connectivity index (χ0) is 24.7.